The summed E-state index contributed by atoms with van der Waals surface area (Å²) >= 11 is 0. The minimum atomic E-state index is 0.669. The molecular formula is C37H23N3. The van der Waals surface area contributed by atoms with Gasteiger partial charge in [-0.05, 0) is 53.6 Å². The van der Waals surface area contributed by atoms with Crippen LogP contribution in [0.3, 0.4) is 0 Å². The Morgan fingerprint density at radius 2 is 0.900 bits per heavy atom. The van der Waals surface area contributed by atoms with Gasteiger partial charge in [-0.15, -0.1) is 0 Å². The quantitative estimate of drug-likeness (QED) is 0.210. The first-order chi connectivity index (χ1) is 19.8. The highest BCUT2D eigenvalue weighted by Crippen LogP contribution is 2.37. The lowest BCUT2D eigenvalue weighted by Crippen LogP contribution is -1.97. The summed E-state index contributed by atoms with van der Waals surface area (Å²) in [5.41, 5.74) is 9.64. The Labute approximate surface area is 231 Å². The Morgan fingerprint density at radius 3 is 1.50 bits per heavy atom. The van der Waals surface area contributed by atoms with Crippen molar-refractivity contribution in [3.05, 3.63) is 151 Å². The van der Waals surface area contributed by atoms with Crippen molar-refractivity contribution in [2.24, 2.45) is 0 Å². The monoisotopic (exact) mass is 509 g/mol. The fraction of sp³-hybridized carbons (Fsp3) is 0. The second kappa shape index (κ2) is 8.73. The van der Waals surface area contributed by atoms with Crippen LogP contribution < -0.4 is 0 Å². The van der Waals surface area contributed by atoms with E-state index in [0.29, 0.717) is 5.69 Å². The average Bonchev–Trinajstić information content (AvgIpc) is 3.54. The lowest BCUT2D eigenvalue weighted by atomic mass is 10.0. The highest BCUT2D eigenvalue weighted by atomic mass is 15.0. The molecule has 6 aromatic carbocycles. The number of aromatic nitrogens is 2. The summed E-state index contributed by atoms with van der Waals surface area (Å²) in [6.45, 7) is 7.57. The van der Waals surface area contributed by atoms with Crippen LogP contribution in [0.5, 0.6) is 0 Å². The molecule has 0 unspecified atom stereocenters. The van der Waals surface area contributed by atoms with Gasteiger partial charge in [-0.2, -0.15) is 0 Å². The van der Waals surface area contributed by atoms with Gasteiger partial charge >= 0.3 is 0 Å². The van der Waals surface area contributed by atoms with E-state index >= 15 is 0 Å². The van der Waals surface area contributed by atoms with Crippen LogP contribution in [0.1, 0.15) is 0 Å². The largest absolute Gasteiger partial charge is 0.309 e. The second-order valence-electron chi connectivity index (χ2n) is 10.1. The Kier molecular flexibility index (Phi) is 4.89. The summed E-state index contributed by atoms with van der Waals surface area (Å²) in [5, 5.41) is 4.97. The third kappa shape index (κ3) is 3.24. The summed E-state index contributed by atoms with van der Waals surface area (Å²) in [6.07, 6.45) is 0. The molecule has 0 atom stereocenters. The van der Waals surface area contributed by atoms with E-state index in [0.717, 1.165) is 28.0 Å². The zero-order valence-corrected chi connectivity index (χ0v) is 21.6. The number of para-hydroxylation sites is 4. The maximum atomic E-state index is 7.57. The van der Waals surface area contributed by atoms with Gasteiger partial charge in [0.05, 0.1) is 28.6 Å². The van der Waals surface area contributed by atoms with E-state index in [-0.39, 0.29) is 0 Å². The molecule has 0 spiro atoms. The number of benzene rings is 6. The molecule has 0 aliphatic carbocycles. The third-order valence-corrected chi connectivity index (χ3v) is 7.96. The number of hydrogen-bond donors (Lipinski definition) is 0. The molecule has 0 fully saturated rings. The molecule has 186 valence electrons. The molecule has 8 aromatic rings. The number of hydrogen-bond acceptors (Lipinski definition) is 0. The fourth-order valence-corrected chi connectivity index (χ4v) is 6.18. The lowest BCUT2D eigenvalue weighted by molar-refractivity contribution is 1.15. The molecule has 0 bridgehead atoms. The summed E-state index contributed by atoms with van der Waals surface area (Å²) in [7, 11) is 0. The van der Waals surface area contributed by atoms with Crippen molar-refractivity contribution < 1.29 is 0 Å². The van der Waals surface area contributed by atoms with Crippen molar-refractivity contribution in [2.75, 3.05) is 0 Å². The first-order valence-electron chi connectivity index (χ1n) is 13.4. The fourth-order valence-electron chi connectivity index (χ4n) is 6.18. The molecule has 0 aliphatic rings. The molecule has 0 saturated heterocycles. The molecule has 2 aromatic heterocycles. The van der Waals surface area contributed by atoms with Crippen LogP contribution in [0.25, 0.3) is 71.0 Å². The molecule has 0 radical (unpaired) electrons. The summed E-state index contributed by atoms with van der Waals surface area (Å²) in [6, 6.07) is 49.0. The lowest BCUT2D eigenvalue weighted by Gasteiger charge is -2.12. The van der Waals surface area contributed by atoms with Crippen molar-refractivity contribution in [3.63, 3.8) is 0 Å². The van der Waals surface area contributed by atoms with Crippen LogP contribution in [-0.2, 0) is 0 Å². The Balaban J connectivity index is 1.37. The normalized spacial score (nSPS) is 11.5. The molecule has 3 nitrogen and oxygen atoms in total. The van der Waals surface area contributed by atoms with Crippen LogP contribution in [0.4, 0.5) is 5.69 Å². The van der Waals surface area contributed by atoms with E-state index in [1.807, 2.05) is 24.3 Å². The minimum absolute atomic E-state index is 0.669. The minimum Gasteiger partial charge on any atom is -0.309 e. The maximum absolute atomic E-state index is 7.57. The SMILES string of the molecule is [C-]#[N+]c1ccccc1-c1ccc(-n2c3ccccc3c3ccc(-n4c5ccccc5c5ccccc54)cc32)cc1. The van der Waals surface area contributed by atoms with Crippen LogP contribution in [0, 0.1) is 6.57 Å². The van der Waals surface area contributed by atoms with Gasteiger partial charge in [0.1, 0.15) is 0 Å². The van der Waals surface area contributed by atoms with Crippen LogP contribution in [0.2, 0.25) is 0 Å². The molecular weight excluding hydrogens is 486 g/mol. The highest BCUT2D eigenvalue weighted by Gasteiger charge is 2.16. The van der Waals surface area contributed by atoms with Crippen LogP contribution in [-0.4, -0.2) is 9.13 Å². The van der Waals surface area contributed by atoms with Crippen LogP contribution >= 0.6 is 0 Å². The summed E-state index contributed by atoms with van der Waals surface area (Å²) < 4.78 is 4.73. The zero-order valence-electron chi connectivity index (χ0n) is 21.6. The predicted molar refractivity (Wildman–Crippen MR) is 167 cm³/mol. The van der Waals surface area contributed by atoms with Gasteiger partial charge in [-0.1, -0.05) is 97.1 Å². The van der Waals surface area contributed by atoms with Gasteiger partial charge in [-0.3, -0.25) is 0 Å². The number of nitrogens with zero attached hydrogens (tertiary/aromatic N) is 3. The molecule has 0 aliphatic heterocycles. The molecule has 40 heavy (non-hydrogen) atoms. The highest BCUT2D eigenvalue weighted by molar-refractivity contribution is 6.12. The number of fused-ring (bicyclic) bond motifs is 6. The smallest absolute Gasteiger partial charge is 0.194 e. The van der Waals surface area contributed by atoms with E-state index in [2.05, 4.69) is 129 Å². The van der Waals surface area contributed by atoms with Gasteiger partial charge in [0.15, 0.2) is 5.69 Å². The summed E-state index contributed by atoms with van der Waals surface area (Å²) in [5.74, 6) is 0. The number of rotatable bonds is 3. The molecule has 3 heteroatoms. The van der Waals surface area contributed by atoms with E-state index in [9.17, 15) is 0 Å². The first kappa shape index (κ1) is 22.4. The Hall–Kier alpha value is -5.59. The van der Waals surface area contributed by atoms with Gasteiger partial charge in [0, 0.05) is 32.9 Å². The second-order valence-corrected chi connectivity index (χ2v) is 10.1. The third-order valence-electron chi connectivity index (χ3n) is 7.96. The van der Waals surface area contributed by atoms with E-state index in [1.54, 1.807) is 0 Å². The van der Waals surface area contributed by atoms with Gasteiger partial charge < -0.3 is 9.13 Å². The van der Waals surface area contributed by atoms with Crippen molar-refractivity contribution in [3.8, 4) is 22.5 Å². The average molecular weight is 510 g/mol. The molecule has 0 amide bonds. The molecule has 8 rings (SSSR count). The Morgan fingerprint density at radius 1 is 0.425 bits per heavy atom. The molecule has 0 saturated carbocycles. The first-order valence-corrected chi connectivity index (χ1v) is 13.4. The maximum Gasteiger partial charge on any atom is 0.194 e. The topological polar surface area (TPSA) is 14.2 Å². The predicted octanol–water partition coefficient (Wildman–Crippen LogP) is 10.1. The molecule has 0 N–H and O–H groups in total. The molecule has 2 heterocycles. The Bertz CT molecular complexity index is 2220. The van der Waals surface area contributed by atoms with Crippen molar-refractivity contribution in [2.45, 2.75) is 0 Å². The van der Waals surface area contributed by atoms with Crippen LogP contribution in [0.15, 0.2) is 140 Å². The van der Waals surface area contributed by atoms with Crippen molar-refractivity contribution >= 4 is 49.3 Å². The standard InChI is InChI=1S/C37H23N3/c1-38-33-14-6-2-10-28(33)25-18-20-26(21-19-25)39-34-15-7-5-13-31(34)32-23-22-27(24-37(32)39)40-35-16-8-3-11-29(35)30-12-4-9-17-36(30)40/h2-24H. The van der Waals surface area contributed by atoms with Gasteiger partial charge in [-0.25, -0.2) is 4.85 Å². The summed E-state index contributed by atoms with van der Waals surface area (Å²) in [4.78, 5) is 3.72. The zero-order chi connectivity index (χ0) is 26.6. The van der Waals surface area contributed by atoms with Crippen molar-refractivity contribution in [1.82, 2.24) is 9.13 Å². The van der Waals surface area contributed by atoms with E-state index in [4.69, 9.17) is 6.57 Å². The van der Waals surface area contributed by atoms with Gasteiger partial charge in [0.2, 0.25) is 0 Å². The van der Waals surface area contributed by atoms with E-state index < -0.39 is 0 Å². The van der Waals surface area contributed by atoms with Gasteiger partial charge in [0.25, 0.3) is 0 Å². The van der Waals surface area contributed by atoms with E-state index in [1.165, 1.54) is 38.1 Å². The van der Waals surface area contributed by atoms with Crippen molar-refractivity contribution in [1.29, 1.82) is 0 Å².